The molecule has 1 aliphatic rings. The van der Waals surface area contributed by atoms with Gasteiger partial charge in [-0.3, -0.25) is 9.69 Å². The number of hydrogen-bond donors (Lipinski definition) is 1. The van der Waals surface area contributed by atoms with E-state index < -0.39 is 11.7 Å². The van der Waals surface area contributed by atoms with E-state index in [0.717, 1.165) is 37.8 Å². The molecule has 5 nitrogen and oxygen atoms in total. The lowest BCUT2D eigenvalue weighted by molar-refractivity contribution is -0.137. The van der Waals surface area contributed by atoms with Crippen LogP contribution in [0.5, 0.6) is 0 Å². The van der Waals surface area contributed by atoms with Gasteiger partial charge in [0, 0.05) is 38.4 Å². The van der Waals surface area contributed by atoms with Gasteiger partial charge >= 0.3 is 6.18 Å². The minimum Gasteiger partial charge on any atom is -0.376 e. The number of anilines is 1. The molecule has 0 aliphatic carbocycles. The summed E-state index contributed by atoms with van der Waals surface area (Å²) in [6.07, 6.45) is -3.00. The summed E-state index contributed by atoms with van der Waals surface area (Å²) in [7, 11) is 3.87. The standard InChI is InChI=1S/C26H35F3N4O/c1-4-32-13-12-21-8-6-10-24(23(21)19-32)30-18-25(34)33(16-15-31(2)3)14-11-20-7-5-9-22(17-20)26(27,28)29/h5-10,17,30H,4,11-16,18-19H2,1-3H3. The fourth-order valence-corrected chi connectivity index (χ4v) is 4.20. The van der Waals surface area contributed by atoms with E-state index in [1.807, 2.05) is 31.1 Å². The Kier molecular flexibility index (Phi) is 8.97. The van der Waals surface area contributed by atoms with E-state index in [1.165, 1.54) is 23.3 Å². The summed E-state index contributed by atoms with van der Waals surface area (Å²) >= 11 is 0. The van der Waals surface area contributed by atoms with Crippen LogP contribution < -0.4 is 5.32 Å². The molecule has 1 amide bonds. The molecule has 0 atom stereocenters. The first kappa shape index (κ1) is 26.0. The van der Waals surface area contributed by atoms with Crippen LogP contribution in [0.2, 0.25) is 0 Å². The molecule has 34 heavy (non-hydrogen) atoms. The fraction of sp³-hybridized carbons (Fsp3) is 0.500. The third kappa shape index (κ3) is 7.21. The number of likely N-dealkylation sites (N-methyl/N-ethyl adjacent to an activating group) is 2. The number of amides is 1. The number of carbonyl (C=O) groups excluding carboxylic acids is 1. The number of alkyl halides is 3. The molecule has 0 fully saturated rings. The minimum absolute atomic E-state index is 0.0606. The van der Waals surface area contributed by atoms with Crippen LogP contribution in [0.3, 0.4) is 0 Å². The highest BCUT2D eigenvalue weighted by Gasteiger charge is 2.30. The summed E-state index contributed by atoms with van der Waals surface area (Å²) < 4.78 is 39.2. The lowest BCUT2D eigenvalue weighted by Gasteiger charge is -2.30. The van der Waals surface area contributed by atoms with E-state index in [4.69, 9.17) is 0 Å². The maximum absolute atomic E-state index is 13.1. The molecular formula is C26H35F3N4O. The van der Waals surface area contributed by atoms with Crippen molar-refractivity contribution in [3.63, 3.8) is 0 Å². The first-order valence-corrected chi connectivity index (χ1v) is 11.8. The highest BCUT2D eigenvalue weighted by atomic mass is 19.4. The molecule has 0 bridgehead atoms. The zero-order valence-electron chi connectivity index (χ0n) is 20.3. The Labute approximate surface area is 200 Å². The van der Waals surface area contributed by atoms with E-state index in [-0.39, 0.29) is 12.5 Å². The number of halogens is 3. The molecule has 1 heterocycles. The van der Waals surface area contributed by atoms with E-state index in [2.05, 4.69) is 23.2 Å². The lowest BCUT2D eigenvalue weighted by Crippen LogP contribution is -2.41. The van der Waals surface area contributed by atoms with Crippen molar-refractivity contribution < 1.29 is 18.0 Å². The van der Waals surface area contributed by atoms with Gasteiger partial charge in [0.15, 0.2) is 0 Å². The molecule has 0 spiro atoms. The first-order chi connectivity index (χ1) is 16.2. The van der Waals surface area contributed by atoms with Crippen molar-refractivity contribution >= 4 is 11.6 Å². The van der Waals surface area contributed by atoms with Crippen molar-refractivity contribution in [2.24, 2.45) is 0 Å². The number of fused-ring (bicyclic) bond motifs is 1. The topological polar surface area (TPSA) is 38.8 Å². The van der Waals surface area contributed by atoms with Crippen molar-refractivity contribution in [2.75, 3.05) is 58.7 Å². The quantitative estimate of drug-likeness (QED) is 0.560. The summed E-state index contributed by atoms with van der Waals surface area (Å²) in [6.45, 7) is 6.76. The normalized spacial score (nSPS) is 14.2. The van der Waals surface area contributed by atoms with Crippen LogP contribution in [0.25, 0.3) is 0 Å². The summed E-state index contributed by atoms with van der Waals surface area (Å²) in [6, 6.07) is 11.5. The fourth-order valence-electron chi connectivity index (χ4n) is 4.20. The predicted octanol–water partition coefficient (Wildman–Crippen LogP) is 4.13. The number of nitrogens with one attached hydrogen (secondary N) is 1. The molecule has 0 saturated heterocycles. The van der Waals surface area contributed by atoms with Crippen LogP contribution in [0, 0.1) is 0 Å². The van der Waals surface area contributed by atoms with E-state index in [9.17, 15) is 18.0 Å². The third-order valence-corrected chi connectivity index (χ3v) is 6.32. The van der Waals surface area contributed by atoms with Crippen LogP contribution in [-0.2, 0) is 30.4 Å². The van der Waals surface area contributed by atoms with Gasteiger partial charge in [0.2, 0.25) is 5.91 Å². The molecule has 0 saturated carbocycles. The van der Waals surface area contributed by atoms with E-state index in [1.54, 1.807) is 11.0 Å². The SMILES string of the molecule is CCN1CCc2cccc(NCC(=O)N(CCc3cccc(C(F)(F)F)c3)CCN(C)C)c2C1. The summed E-state index contributed by atoms with van der Waals surface area (Å²) in [4.78, 5) is 19.2. The molecule has 0 radical (unpaired) electrons. The molecule has 186 valence electrons. The van der Waals surface area contributed by atoms with Gasteiger partial charge in [-0.2, -0.15) is 13.2 Å². The maximum Gasteiger partial charge on any atom is 0.416 e. The third-order valence-electron chi connectivity index (χ3n) is 6.32. The summed E-state index contributed by atoms with van der Waals surface area (Å²) in [5.74, 6) is -0.0606. The van der Waals surface area contributed by atoms with Crippen molar-refractivity contribution in [2.45, 2.75) is 32.5 Å². The van der Waals surface area contributed by atoms with Crippen LogP contribution >= 0.6 is 0 Å². The average Bonchev–Trinajstić information content (AvgIpc) is 2.81. The molecule has 2 aromatic carbocycles. The Hall–Kier alpha value is -2.58. The first-order valence-electron chi connectivity index (χ1n) is 11.8. The van der Waals surface area contributed by atoms with Crippen LogP contribution in [0.1, 0.15) is 29.2 Å². The number of benzene rings is 2. The molecule has 0 aromatic heterocycles. The largest absolute Gasteiger partial charge is 0.416 e. The van der Waals surface area contributed by atoms with Gasteiger partial charge in [-0.1, -0.05) is 37.3 Å². The van der Waals surface area contributed by atoms with Gasteiger partial charge in [0.25, 0.3) is 0 Å². The van der Waals surface area contributed by atoms with Gasteiger partial charge in [-0.25, -0.2) is 0 Å². The van der Waals surface area contributed by atoms with E-state index >= 15 is 0 Å². The lowest BCUT2D eigenvalue weighted by atomic mass is 9.98. The molecule has 8 heteroatoms. The van der Waals surface area contributed by atoms with Crippen molar-refractivity contribution in [3.8, 4) is 0 Å². The Morgan fingerprint density at radius 3 is 2.56 bits per heavy atom. The van der Waals surface area contributed by atoms with E-state index in [0.29, 0.717) is 31.6 Å². The second-order valence-corrected chi connectivity index (χ2v) is 9.05. The Bertz CT molecular complexity index is 961. The van der Waals surface area contributed by atoms with Crippen molar-refractivity contribution in [3.05, 3.63) is 64.7 Å². The van der Waals surface area contributed by atoms with Crippen LogP contribution in [0.15, 0.2) is 42.5 Å². The van der Waals surface area contributed by atoms with Gasteiger partial charge in [0.05, 0.1) is 12.1 Å². The number of hydrogen-bond acceptors (Lipinski definition) is 4. The van der Waals surface area contributed by atoms with Crippen molar-refractivity contribution in [1.82, 2.24) is 14.7 Å². The highest BCUT2D eigenvalue weighted by molar-refractivity contribution is 5.81. The second kappa shape index (κ2) is 11.7. The zero-order valence-corrected chi connectivity index (χ0v) is 20.3. The van der Waals surface area contributed by atoms with Crippen LogP contribution in [-0.4, -0.2) is 74.0 Å². The smallest absolute Gasteiger partial charge is 0.376 e. The average molecular weight is 477 g/mol. The van der Waals surface area contributed by atoms with Gasteiger partial charge in [0.1, 0.15) is 0 Å². The zero-order chi connectivity index (χ0) is 24.7. The maximum atomic E-state index is 13.1. The Morgan fingerprint density at radius 2 is 1.85 bits per heavy atom. The minimum atomic E-state index is -4.37. The van der Waals surface area contributed by atoms with Crippen LogP contribution in [0.4, 0.5) is 18.9 Å². The number of rotatable bonds is 10. The highest BCUT2D eigenvalue weighted by Crippen LogP contribution is 2.30. The Morgan fingerprint density at radius 1 is 1.09 bits per heavy atom. The molecule has 0 unspecified atom stereocenters. The predicted molar refractivity (Wildman–Crippen MR) is 130 cm³/mol. The Balaban J connectivity index is 1.66. The second-order valence-electron chi connectivity index (χ2n) is 9.05. The van der Waals surface area contributed by atoms with Gasteiger partial charge in [-0.15, -0.1) is 0 Å². The molecule has 3 rings (SSSR count). The molecular weight excluding hydrogens is 441 g/mol. The summed E-state index contributed by atoms with van der Waals surface area (Å²) in [5, 5.41) is 3.33. The molecule has 1 N–H and O–H groups in total. The van der Waals surface area contributed by atoms with Gasteiger partial charge in [-0.05, 0) is 62.3 Å². The van der Waals surface area contributed by atoms with Crippen molar-refractivity contribution in [1.29, 1.82) is 0 Å². The molecule has 2 aromatic rings. The summed E-state index contributed by atoms with van der Waals surface area (Å²) in [5.41, 5.74) is 3.45. The number of nitrogens with zero attached hydrogens (tertiary/aromatic N) is 3. The number of carbonyl (C=O) groups is 1. The monoisotopic (exact) mass is 476 g/mol. The molecule has 1 aliphatic heterocycles. The van der Waals surface area contributed by atoms with Gasteiger partial charge < -0.3 is 15.1 Å².